The highest BCUT2D eigenvalue weighted by atomic mass is 79.9. The van der Waals surface area contributed by atoms with Crippen LogP contribution in [0, 0.1) is 5.92 Å². The smallest absolute Gasteiger partial charge is 0.119 e. The molecule has 2 aromatic carbocycles. The number of hydrogen-bond acceptors (Lipinski definition) is 3. The fraction of sp³-hybridized carbons (Fsp3) is 0.429. The molecule has 1 atom stereocenters. The minimum Gasteiger partial charge on any atom is -1.00 e. The molecule has 26 heavy (non-hydrogen) atoms. The lowest BCUT2D eigenvalue weighted by Crippen LogP contribution is -3.00. The quantitative estimate of drug-likeness (QED) is 0.702. The van der Waals surface area contributed by atoms with Gasteiger partial charge in [-0.25, -0.2) is 0 Å². The van der Waals surface area contributed by atoms with Crippen molar-refractivity contribution < 1.29 is 22.3 Å². The van der Waals surface area contributed by atoms with E-state index in [0.29, 0.717) is 13.2 Å². The van der Waals surface area contributed by atoms with Crippen LogP contribution in [0.25, 0.3) is 0 Å². The first-order valence-corrected chi connectivity index (χ1v) is 9.81. The van der Waals surface area contributed by atoms with Crippen LogP contribution in [0.3, 0.4) is 0 Å². The second-order valence-electron chi connectivity index (χ2n) is 6.85. The first-order valence-electron chi connectivity index (χ1n) is 9.02. The van der Waals surface area contributed by atoms with E-state index in [4.69, 9.17) is 4.74 Å². The Morgan fingerprint density at radius 3 is 2.35 bits per heavy atom. The molecule has 1 saturated heterocycles. The second kappa shape index (κ2) is 10.9. The summed E-state index contributed by atoms with van der Waals surface area (Å²) in [5, 5.41) is 10.2. The topological polar surface area (TPSA) is 32.7 Å². The normalized spacial score (nSPS) is 16.7. The Balaban J connectivity index is 0.00000243. The highest BCUT2D eigenvalue weighted by molar-refractivity contribution is 9.10. The highest BCUT2D eigenvalue weighted by Gasteiger charge is 2.21. The number of halogens is 2. The van der Waals surface area contributed by atoms with E-state index in [1.165, 1.54) is 24.8 Å². The second-order valence-corrected chi connectivity index (χ2v) is 7.77. The Labute approximate surface area is 170 Å². The molecule has 0 spiro atoms. The lowest BCUT2D eigenvalue weighted by molar-refractivity contribution is -0.00000721. The molecule has 2 aromatic rings. The van der Waals surface area contributed by atoms with Crippen LogP contribution < -0.4 is 17.1 Å². The van der Waals surface area contributed by atoms with Gasteiger partial charge in [0.15, 0.2) is 0 Å². The summed E-state index contributed by atoms with van der Waals surface area (Å²) < 4.78 is 6.69. The van der Waals surface area contributed by atoms with Crippen molar-refractivity contribution in [1.82, 2.24) is 4.90 Å². The van der Waals surface area contributed by atoms with Crippen LogP contribution in [-0.2, 0) is 6.42 Å². The van der Waals surface area contributed by atoms with Crippen molar-refractivity contribution in [2.24, 2.45) is 5.92 Å². The van der Waals surface area contributed by atoms with Crippen LogP contribution in [0.4, 0.5) is 0 Å². The molecule has 3 nitrogen and oxygen atoms in total. The number of rotatable bonds is 7. The zero-order chi connectivity index (χ0) is 17.5. The highest BCUT2D eigenvalue weighted by Crippen LogP contribution is 2.22. The van der Waals surface area contributed by atoms with Crippen molar-refractivity contribution in [2.75, 3.05) is 26.2 Å². The lowest BCUT2D eigenvalue weighted by atomic mass is 9.90. The van der Waals surface area contributed by atoms with Gasteiger partial charge in [0.25, 0.3) is 0 Å². The van der Waals surface area contributed by atoms with Crippen LogP contribution in [0.1, 0.15) is 18.4 Å². The van der Waals surface area contributed by atoms with Gasteiger partial charge in [0.2, 0.25) is 0 Å². The van der Waals surface area contributed by atoms with Crippen molar-refractivity contribution in [2.45, 2.75) is 25.4 Å². The molecule has 1 aliphatic rings. The van der Waals surface area contributed by atoms with Gasteiger partial charge in [-0.2, -0.15) is 0 Å². The molecule has 1 heterocycles. The van der Waals surface area contributed by atoms with Crippen LogP contribution >= 0.6 is 15.9 Å². The van der Waals surface area contributed by atoms with Crippen LogP contribution in [0.5, 0.6) is 5.75 Å². The standard InChI is InChI=1S/C21H26BrNO2.ClH/c22-19-6-8-21(9-7-19)25-16-20(24)15-23-12-10-18(11-13-23)14-17-4-2-1-3-5-17;/h1-9,18,20,24H,10-16H2;1H/p-1. The third-order valence-electron chi connectivity index (χ3n) is 4.80. The SMILES string of the molecule is OC(COc1ccc(Br)cc1)CN1CCC(Cc2ccccc2)CC1.[Cl-]. The van der Waals surface area contributed by atoms with Crippen molar-refractivity contribution in [3.63, 3.8) is 0 Å². The van der Waals surface area contributed by atoms with Crippen molar-refractivity contribution >= 4 is 15.9 Å². The number of aliphatic hydroxyl groups excluding tert-OH is 1. The maximum Gasteiger partial charge on any atom is 0.119 e. The summed E-state index contributed by atoms with van der Waals surface area (Å²) in [6.45, 7) is 3.15. The molecule has 1 aliphatic heterocycles. The first-order chi connectivity index (χ1) is 12.2. The first kappa shape index (κ1) is 21.2. The molecule has 1 N–H and O–H groups in total. The summed E-state index contributed by atoms with van der Waals surface area (Å²) in [5.41, 5.74) is 1.43. The molecule has 0 aliphatic carbocycles. The maximum atomic E-state index is 10.2. The summed E-state index contributed by atoms with van der Waals surface area (Å²) in [4.78, 5) is 2.36. The maximum absolute atomic E-state index is 10.2. The molecule has 0 amide bonds. The average molecular weight is 440 g/mol. The average Bonchev–Trinajstić information content (AvgIpc) is 2.64. The van der Waals surface area contributed by atoms with Gasteiger partial charge in [0.1, 0.15) is 18.5 Å². The molecule has 3 rings (SSSR count). The largest absolute Gasteiger partial charge is 1.00 e. The monoisotopic (exact) mass is 438 g/mol. The zero-order valence-corrected chi connectivity index (χ0v) is 17.2. The summed E-state index contributed by atoms with van der Waals surface area (Å²) in [7, 11) is 0. The summed E-state index contributed by atoms with van der Waals surface area (Å²) in [6, 6.07) is 18.4. The summed E-state index contributed by atoms with van der Waals surface area (Å²) in [5.74, 6) is 1.55. The Hall–Kier alpha value is -1.07. The van der Waals surface area contributed by atoms with Gasteiger partial charge in [-0.15, -0.1) is 0 Å². The number of likely N-dealkylation sites (tertiary alicyclic amines) is 1. The molecule has 1 unspecified atom stereocenters. The van der Waals surface area contributed by atoms with E-state index in [9.17, 15) is 5.11 Å². The number of nitrogens with zero attached hydrogens (tertiary/aromatic N) is 1. The van der Waals surface area contributed by atoms with Crippen molar-refractivity contribution in [1.29, 1.82) is 0 Å². The van der Waals surface area contributed by atoms with Crippen molar-refractivity contribution in [3.05, 3.63) is 64.6 Å². The number of β-amino-alcohol motifs (C(OH)–C–C–N with tert-alkyl or cyclic N) is 1. The van der Waals surface area contributed by atoms with Gasteiger partial charge in [0.05, 0.1) is 0 Å². The van der Waals surface area contributed by atoms with E-state index in [2.05, 4.69) is 51.2 Å². The predicted molar refractivity (Wildman–Crippen MR) is 105 cm³/mol. The van der Waals surface area contributed by atoms with Crippen LogP contribution in [-0.4, -0.2) is 42.4 Å². The van der Waals surface area contributed by atoms with E-state index >= 15 is 0 Å². The Morgan fingerprint density at radius 1 is 1.04 bits per heavy atom. The third-order valence-corrected chi connectivity index (χ3v) is 5.33. The van der Waals surface area contributed by atoms with Gasteiger partial charge in [-0.05, 0) is 68.1 Å². The fourth-order valence-corrected chi connectivity index (χ4v) is 3.66. The van der Waals surface area contributed by atoms with E-state index < -0.39 is 6.10 Å². The number of benzene rings is 2. The molecular formula is C21H26BrClNO2-. The minimum absolute atomic E-state index is 0. The van der Waals surface area contributed by atoms with E-state index in [0.717, 1.165) is 29.2 Å². The molecule has 0 bridgehead atoms. The Kier molecular flexibility index (Phi) is 8.93. The van der Waals surface area contributed by atoms with Gasteiger partial charge in [0, 0.05) is 11.0 Å². The molecule has 1 fully saturated rings. The Bertz CT molecular complexity index is 630. The molecular weight excluding hydrogens is 414 g/mol. The van der Waals surface area contributed by atoms with Gasteiger partial charge in [-0.3, -0.25) is 0 Å². The number of ether oxygens (including phenoxy) is 1. The minimum atomic E-state index is -0.450. The van der Waals surface area contributed by atoms with Crippen LogP contribution in [0.15, 0.2) is 59.1 Å². The molecule has 0 radical (unpaired) electrons. The molecule has 0 aromatic heterocycles. The zero-order valence-electron chi connectivity index (χ0n) is 14.9. The van der Waals surface area contributed by atoms with Crippen LogP contribution in [0.2, 0.25) is 0 Å². The number of aliphatic hydroxyl groups is 1. The van der Waals surface area contributed by atoms with Gasteiger partial charge < -0.3 is 27.2 Å². The van der Waals surface area contributed by atoms with E-state index in [1.54, 1.807) is 0 Å². The third kappa shape index (κ3) is 6.92. The van der Waals surface area contributed by atoms with E-state index in [-0.39, 0.29) is 12.4 Å². The van der Waals surface area contributed by atoms with Crippen molar-refractivity contribution in [3.8, 4) is 5.75 Å². The molecule has 142 valence electrons. The fourth-order valence-electron chi connectivity index (χ4n) is 3.39. The van der Waals surface area contributed by atoms with Gasteiger partial charge in [-0.1, -0.05) is 46.3 Å². The number of hydrogen-bond donors (Lipinski definition) is 1. The number of piperidine rings is 1. The van der Waals surface area contributed by atoms with E-state index in [1.807, 2.05) is 24.3 Å². The predicted octanol–water partition coefficient (Wildman–Crippen LogP) is 1.15. The lowest BCUT2D eigenvalue weighted by Gasteiger charge is -2.33. The summed E-state index contributed by atoms with van der Waals surface area (Å²) in [6.07, 6.45) is 3.13. The molecule has 5 heteroatoms. The van der Waals surface area contributed by atoms with Gasteiger partial charge >= 0.3 is 0 Å². The summed E-state index contributed by atoms with van der Waals surface area (Å²) >= 11 is 3.41. The Morgan fingerprint density at radius 2 is 1.69 bits per heavy atom. The molecule has 0 saturated carbocycles.